The van der Waals surface area contributed by atoms with Crippen LogP contribution >= 0.6 is 11.3 Å². The van der Waals surface area contributed by atoms with E-state index in [1.807, 2.05) is 0 Å². The number of nitrogens with two attached hydrogens (primary N) is 1. The number of rotatable bonds is 5. The van der Waals surface area contributed by atoms with Gasteiger partial charge in [-0.25, -0.2) is 13.1 Å². The first-order valence-electron chi connectivity index (χ1n) is 5.71. The molecule has 0 unspecified atom stereocenters. The number of thiophene rings is 1. The van der Waals surface area contributed by atoms with Gasteiger partial charge in [0.15, 0.2) is 0 Å². The van der Waals surface area contributed by atoms with Crippen molar-refractivity contribution in [2.45, 2.75) is 24.9 Å². The molecule has 5 nitrogen and oxygen atoms in total. The van der Waals surface area contributed by atoms with Crippen LogP contribution in [0.5, 0.6) is 0 Å². The average molecular weight is 297 g/mol. The Morgan fingerprint density at radius 2 is 2.05 bits per heavy atom. The molecule has 0 saturated carbocycles. The fourth-order valence-corrected chi connectivity index (χ4v) is 4.18. The topological polar surface area (TPSA) is 85.1 Å². The van der Waals surface area contributed by atoms with Gasteiger partial charge in [0.25, 0.3) is 0 Å². The monoisotopic (exact) mass is 297 g/mol. The third kappa shape index (κ3) is 3.38. The normalized spacial score (nSPS) is 11.7. The van der Waals surface area contributed by atoms with Crippen LogP contribution in [0, 0.1) is 6.92 Å². The molecule has 0 fully saturated rings. The Morgan fingerprint density at radius 1 is 1.37 bits per heavy atom. The lowest BCUT2D eigenvalue weighted by molar-refractivity contribution is 0.581. The van der Waals surface area contributed by atoms with Gasteiger partial charge in [-0.15, -0.1) is 11.3 Å². The molecule has 2 aromatic rings. The Kier molecular flexibility index (Phi) is 4.31. The maximum Gasteiger partial charge on any atom is 0.241 e. The molecule has 0 bridgehead atoms. The van der Waals surface area contributed by atoms with Crippen molar-refractivity contribution in [2.75, 3.05) is 0 Å². The Morgan fingerprint density at radius 3 is 2.63 bits per heavy atom. The van der Waals surface area contributed by atoms with Crippen molar-refractivity contribution in [3.05, 3.63) is 45.9 Å². The first-order valence-corrected chi connectivity index (χ1v) is 8.01. The molecule has 0 aromatic carbocycles. The van der Waals surface area contributed by atoms with Crippen LogP contribution in [-0.2, 0) is 23.1 Å². The maximum atomic E-state index is 12.2. The predicted octanol–water partition coefficient (Wildman–Crippen LogP) is 1.39. The van der Waals surface area contributed by atoms with Gasteiger partial charge in [-0.3, -0.25) is 4.98 Å². The van der Waals surface area contributed by atoms with Crippen molar-refractivity contribution in [1.29, 1.82) is 0 Å². The van der Waals surface area contributed by atoms with E-state index in [1.54, 1.807) is 37.5 Å². The molecular weight excluding hydrogens is 282 g/mol. The molecule has 0 amide bonds. The molecule has 0 saturated heterocycles. The molecule has 2 rings (SSSR count). The van der Waals surface area contributed by atoms with E-state index in [0.29, 0.717) is 11.4 Å². The second kappa shape index (κ2) is 5.79. The molecular formula is C12H15N3O2S2. The van der Waals surface area contributed by atoms with Crippen LogP contribution in [0.1, 0.15) is 15.3 Å². The lowest BCUT2D eigenvalue weighted by Gasteiger charge is -2.06. The van der Waals surface area contributed by atoms with Gasteiger partial charge in [-0.2, -0.15) is 0 Å². The maximum absolute atomic E-state index is 12.2. The Balaban J connectivity index is 2.16. The summed E-state index contributed by atoms with van der Waals surface area (Å²) >= 11 is 1.41. The highest BCUT2D eigenvalue weighted by Gasteiger charge is 2.19. The molecule has 19 heavy (non-hydrogen) atoms. The summed E-state index contributed by atoms with van der Waals surface area (Å²) < 4.78 is 27.0. The van der Waals surface area contributed by atoms with Crippen molar-refractivity contribution in [2.24, 2.45) is 5.73 Å². The Labute approximate surface area is 116 Å². The van der Waals surface area contributed by atoms with Gasteiger partial charge in [0.05, 0.1) is 4.90 Å². The van der Waals surface area contributed by atoms with E-state index in [0.717, 1.165) is 15.3 Å². The molecule has 0 atom stereocenters. The highest BCUT2D eigenvalue weighted by Crippen LogP contribution is 2.25. The van der Waals surface area contributed by atoms with E-state index in [-0.39, 0.29) is 6.54 Å². The first kappa shape index (κ1) is 14.1. The number of sulfonamides is 1. The van der Waals surface area contributed by atoms with Crippen molar-refractivity contribution < 1.29 is 8.42 Å². The molecule has 2 heterocycles. The number of hydrogen-bond acceptors (Lipinski definition) is 5. The summed E-state index contributed by atoms with van der Waals surface area (Å²) in [6.07, 6.45) is 3.26. The summed E-state index contributed by atoms with van der Waals surface area (Å²) in [5.41, 5.74) is 6.39. The third-order valence-corrected chi connectivity index (χ3v) is 5.36. The van der Waals surface area contributed by atoms with E-state index < -0.39 is 10.0 Å². The summed E-state index contributed by atoms with van der Waals surface area (Å²) in [5, 5.41) is 0. The second-order valence-electron chi connectivity index (χ2n) is 4.02. The van der Waals surface area contributed by atoms with Crippen LogP contribution in [0.2, 0.25) is 0 Å². The van der Waals surface area contributed by atoms with Gasteiger partial charge in [0.1, 0.15) is 0 Å². The predicted molar refractivity (Wildman–Crippen MR) is 75.2 cm³/mol. The smallest absolute Gasteiger partial charge is 0.241 e. The molecule has 0 aliphatic rings. The largest absolute Gasteiger partial charge is 0.326 e. The van der Waals surface area contributed by atoms with Crippen LogP contribution in [0.4, 0.5) is 0 Å². The van der Waals surface area contributed by atoms with Gasteiger partial charge < -0.3 is 5.73 Å². The van der Waals surface area contributed by atoms with Gasteiger partial charge in [-0.1, -0.05) is 0 Å². The Hall–Kier alpha value is -1.28. The van der Waals surface area contributed by atoms with E-state index in [9.17, 15) is 8.42 Å². The molecule has 3 N–H and O–H groups in total. The fourth-order valence-electron chi connectivity index (χ4n) is 1.65. The van der Waals surface area contributed by atoms with E-state index in [2.05, 4.69) is 9.71 Å². The zero-order chi connectivity index (χ0) is 13.9. The summed E-state index contributed by atoms with van der Waals surface area (Å²) in [4.78, 5) is 5.81. The van der Waals surface area contributed by atoms with Crippen LogP contribution < -0.4 is 10.5 Å². The molecule has 0 spiro atoms. The molecule has 2 aromatic heterocycles. The first-order chi connectivity index (χ1) is 9.03. The summed E-state index contributed by atoms with van der Waals surface area (Å²) in [5.74, 6) is 0. The fraction of sp³-hybridized carbons (Fsp3) is 0.250. The van der Waals surface area contributed by atoms with E-state index in [1.165, 1.54) is 11.3 Å². The molecule has 102 valence electrons. The van der Waals surface area contributed by atoms with Gasteiger partial charge in [0.2, 0.25) is 10.0 Å². The molecule has 7 heteroatoms. The van der Waals surface area contributed by atoms with Crippen LogP contribution in [0.3, 0.4) is 0 Å². The average Bonchev–Trinajstić information content (AvgIpc) is 2.80. The molecule has 0 aliphatic carbocycles. The van der Waals surface area contributed by atoms with E-state index in [4.69, 9.17) is 5.73 Å². The number of aromatic nitrogens is 1. The van der Waals surface area contributed by atoms with Gasteiger partial charge >= 0.3 is 0 Å². The number of nitrogens with one attached hydrogen (secondary N) is 1. The SMILES string of the molecule is Cc1sc(CN)cc1S(=O)(=O)NCc1ccncc1. The quantitative estimate of drug-likeness (QED) is 0.873. The summed E-state index contributed by atoms with van der Waals surface area (Å²) in [6, 6.07) is 5.18. The molecule has 0 aliphatic heterocycles. The minimum atomic E-state index is -3.49. The van der Waals surface area contributed by atoms with Gasteiger partial charge in [0, 0.05) is 35.2 Å². The van der Waals surface area contributed by atoms with Crippen molar-refractivity contribution in [3.8, 4) is 0 Å². The number of hydrogen-bond donors (Lipinski definition) is 2. The van der Waals surface area contributed by atoms with E-state index >= 15 is 0 Å². The zero-order valence-electron chi connectivity index (χ0n) is 10.5. The standard InChI is InChI=1S/C12H15N3O2S2/c1-9-12(6-11(7-13)18-9)19(16,17)15-8-10-2-4-14-5-3-10/h2-6,15H,7-8,13H2,1H3. The van der Waals surface area contributed by atoms with Crippen LogP contribution in [0.25, 0.3) is 0 Å². The number of aryl methyl sites for hydroxylation is 1. The Bertz CT molecular complexity index is 651. The minimum absolute atomic E-state index is 0.248. The number of nitrogens with zero attached hydrogens (tertiary/aromatic N) is 1. The molecule has 0 radical (unpaired) electrons. The van der Waals surface area contributed by atoms with Crippen molar-refractivity contribution >= 4 is 21.4 Å². The summed E-state index contributed by atoms with van der Waals surface area (Å²) in [7, 11) is -3.49. The zero-order valence-corrected chi connectivity index (χ0v) is 12.1. The lowest BCUT2D eigenvalue weighted by Crippen LogP contribution is -2.23. The van der Waals surface area contributed by atoms with Crippen molar-refractivity contribution in [3.63, 3.8) is 0 Å². The third-order valence-electron chi connectivity index (χ3n) is 2.63. The second-order valence-corrected chi connectivity index (χ2v) is 7.09. The highest BCUT2D eigenvalue weighted by molar-refractivity contribution is 7.89. The highest BCUT2D eigenvalue weighted by atomic mass is 32.2. The number of pyridine rings is 1. The van der Waals surface area contributed by atoms with Crippen LogP contribution in [-0.4, -0.2) is 13.4 Å². The van der Waals surface area contributed by atoms with Crippen LogP contribution in [0.15, 0.2) is 35.5 Å². The van der Waals surface area contributed by atoms with Crippen molar-refractivity contribution in [1.82, 2.24) is 9.71 Å². The van der Waals surface area contributed by atoms with Gasteiger partial charge in [-0.05, 0) is 30.7 Å². The minimum Gasteiger partial charge on any atom is -0.326 e. The summed E-state index contributed by atoms with van der Waals surface area (Å²) in [6.45, 7) is 2.38. The lowest BCUT2D eigenvalue weighted by atomic mass is 10.3.